The first-order valence-corrected chi connectivity index (χ1v) is 11.6. The van der Waals surface area contributed by atoms with E-state index in [2.05, 4.69) is 6.58 Å². The highest BCUT2D eigenvalue weighted by molar-refractivity contribution is 6.63. The zero-order valence-electron chi connectivity index (χ0n) is 16.4. The van der Waals surface area contributed by atoms with Gasteiger partial charge in [-0.15, -0.1) is 6.58 Å². The van der Waals surface area contributed by atoms with E-state index >= 15 is 0 Å². The van der Waals surface area contributed by atoms with E-state index in [-0.39, 0.29) is 0 Å². The first kappa shape index (κ1) is 20.7. The standard InChI is InChI=1S/C24H26O4Si/c1-2-19-25-20-12-21-29(26-22-13-6-3-7-14-22,27-23-15-8-4-9-16-23)28-24-17-10-5-11-18-24/h2-11,13-18H,1,12,19-21H2. The van der Waals surface area contributed by atoms with Gasteiger partial charge in [-0.1, -0.05) is 60.7 Å². The molecule has 0 unspecified atom stereocenters. The predicted octanol–water partition coefficient (Wildman–Crippen LogP) is 5.76. The lowest BCUT2D eigenvalue weighted by Crippen LogP contribution is -2.55. The van der Waals surface area contributed by atoms with Crippen LogP contribution in [-0.2, 0) is 4.74 Å². The summed E-state index contributed by atoms with van der Waals surface area (Å²) in [6.07, 6.45) is 2.48. The van der Waals surface area contributed by atoms with Gasteiger partial charge in [-0.05, 0) is 42.8 Å². The first-order chi connectivity index (χ1) is 14.3. The second-order valence-corrected chi connectivity index (χ2v) is 8.87. The molecule has 0 spiro atoms. The number of hydrogen-bond acceptors (Lipinski definition) is 4. The Bertz CT molecular complexity index is 739. The number of hydrogen-bond donors (Lipinski definition) is 0. The highest BCUT2D eigenvalue weighted by atomic mass is 28.4. The molecule has 3 aromatic carbocycles. The lowest BCUT2D eigenvalue weighted by molar-refractivity contribution is 0.158. The molecule has 3 aromatic rings. The number of ether oxygens (including phenoxy) is 1. The SMILES string of the molecule is C=CCOCCC[Si](Oc1ccccc1)(Oc1ccccc1)Oc1ccccc1. The van der Waals surface area contributed by atoms with Crippen molar-refractivity contribution >= 4 is 8.80 Å². The van der Waals surface area contributed by atoms with Crippen LogP contribution in [0.2, 0.25) is 6.04 Å². The Kier molecular flexibility index (Phi) is 7.92. The fourth-order valence-electron chi connectivity index (χ4n) is 2.78. The lowest BCUT2D eigenvalue weighted by atomic mass is 10.3. The maximum absolute atomic E-state index is 6.44. The highest BCUT2D eigenvalue weighted by Crippen LogP contribution is 2.27. The quantitative estimate of drug-likeness (QED) is 0.218. The van der Waals surface area contributed by atoms with E-state index in [0.29, 0.717) is 19.3 Å². The van der Waals surface area contributed by atoms with Crippen molar-refractivity contribution in [2.24, 2.45) is 0 Å². The molecule has 0 radical (unpaired) electrons. The predicted molar refractivity (Wildman–Crippen MR) is 117 cm³/mol. The lowest BCUT2D eigenvalue weighted by Gasteiger charge is -2.30. The Morgan fingerprint density at radius 3 is 1.45 bits per heavy atom. The third-order valence-electron chi connectivity index (χ3n) is 4.06. The van der Waals surface area contributed by atoms with Crippen molar-refractivity contribution in [2.75, 3.05) is 13.2 Å². The zero-order chi connectivity index (χ0) is 20.2. The van der Waals surface area contributed by atoms with Crippen molar-refractivity contribution in [3.8, 4) is 17.2 Å². The molecule has 29 heavy (non-hydrogen) atoms. The maximum atomic E-state index is 6.44. The second kappa shape index (κ2) is 11.1. The largest absolute Gasteiger partial charge is 0.699 e. The van der Waals surface area contributed by atoms with Crippen molar-refractivity contribution in [2.45, 2.75) is 12.5 Å². The molecule has 0 amide bonds. The van der Waals surface area contributed by atoms with Gasteiger partial charge in [0.1, 0.15) is 17.2 Å². The smallest absolute Gasteiger partial charge is 0.483 e. The van der Waals surface area contributed by atoms with Crippen LogP contribution in [0.15, 0.2) is 104 Å². The summed E-state index contributed by atoms with van der Waals surface area (Å²) in [5.41, 5.74) is 0. The van der Waals surface area contributed by atoms with E-state index in [1.165, 1.54) is 0 Å². The molecule has 0 heterocycles. The summed E-state index contributed by atoms with van der Waals surface area (Å²) in [7, 11) is -3.18. The summed E-state index contributed by atoms with van der Waals surface area (Å²) in [6.45, 7) is 4.78. The minimum atomic E-state index is -3.18. The van der Waals surface area contributed by atoms with E-state index in [0.717, 1.165) is 23.7 Å². The van der Waals surface area contributed by atoms with E-state index in [1.807, 2.05) is 91.0 Å². The first-order valence-electron chi connectivity index (χ1n) is 9.70. The zero-order valence-corrected chi connectivity index (χ0v) is 17.4. The summed E-state index contributed by atoms with van der Waals surface area (Å²) in [6, 6.07) is 29.6. The summed E-state index contributed by atoms with van der Waals surface area (Å²) in [5, 5.41) is 0. The van der Waals surface area contributed by atoms with Crippen LogP contribution in [0.1, 0.15) is 6.42 Å². The molecule has 150 valence electrons. The van der Waals surface area contributed by atoms with Gasteiger partial charge in [0.2, 0.25) is 0 Å². The highest BCUT2D eigenvalue weighted by Gasteiger charge is 2.48. The van der Waals surface area contributed by atoms with Crippen LogP contribution in [0.3, 0.4) is 0 Å². The van der Waals surface area contributed by atoms with Gasteiger partial charge >= 0.3 is 8.80 Å². The number of benzene rings is 3. The molecule has 0 aromatic heterocycles. The molecule has 0 aliphatic heterocycles. The third kappa shape index (κ3) is 6.82. The molecule has 0 aliphatic rings. The van der Waals surface area contributed by atoms with Crippen molar-refractivity contribution < 1.29 is 18.0 Å². The van der Waals surface area contributed by atoms with Gasteiger partial charge in [0.15, 0.2) is 0 Å². The molecule has 0 saturated carbocycles. The number of rotatable bonds is 12. The Morgan fingerprint density at radius 2 is 1.07 bits per heavy atom. The molecule has 0 bridgehead atoms. The van der Waals surface area contributed by atoms with Gasteiger partial charge < -0.3 is 18.0 Å². The normalized spacial score (nSPS) is 10.9. The van der Waals surface area contributed by atoms with Gasteiger partial charge in [-0.3, -0.25) is 0 Å². The average molecular weight is 407 g/mol. The Labute approximate surface area is 173 Å². The molecule has 3 rings (SSSR count). The maximum Gasteiger partial charge on any atom is 0.699 e. The summed E-state index contributed by atoms with van der Waals surface area (Å²) in [4.78, 5) is 0. The molecule has 0 fully saturated rings. The Balaban J connectivity index is 1.87. The monoisotopic (exact) mass is 406 g/mol. The fourth-order valence-corrected chi connectivity index (χ4v) is 5.27. The Morgan fingerprint density at radius 1 is 0.655 bits per heavy atom. The van der Waals surface area contributed by atoms with Gasteiger partial charge in [0.05, 0.1) is 12.7 Å². The second-order valence-electron chi connectivity index (χ2n) is 6.40. The minimum Gasteiger partial charge on any atom is -0.483 e. The molecule has 0 atom stereocenters. The fraction of sp³-hybridized carbons (Fsp3) is 0.167. The summed E-state index contributed by atoms with van der Waals surface area (Å²) in [5.74, 6) is 2.16. The van der Waals surface area contributed by atoms with E-state index in [1.54, 1.807) is 6.08 Å². The van der Waals surface area contributed by atoms with Gasteiger partial charge in [-0.25, -0.2) is 0 Å². The summed E-state index contributed by atoms with van der Waals surface area (Å²) < 4.78 is 24.9. The molecule has 0 N–H and O–H groups in total. The van der Waals surface area contributed by atoms with Crippen LogP contribution in [0, 0.1) is 0 Å². The van der Waals surface area contributed by atoms with Crippen molar-refractivity contribution in [1.29, 1.82) is 0 Å². The average Bonchev–Trinajstić information content (AvgIpc) is 2.76. The van der Waals surface area contributed by atoms with Crippen molar-refractivity contribution in [1.82, 2.24) is 0 Å². The van der Waals surface area contributed by atoms with Crippen LogP contribution in [0.4, 0.5) is 0 Å². The number of para-hydroxylation sites is 3. The minimum absolute atomic E-state index is 0.521. The molecular formula is C24H26O4Si. The Hall–Kier alpha value is -3.02. The van der Waals surface area contributed by atoms with E-state index < -0.39 is 8.80 Å². The van der Waals surface area contributed by atoms with Crippen LogP contribution in [-0.4, -0.2) is 22.0 Å². The van der Waals surface area contributed by atoms with Crippen LogP contribution >= 0.6 is 0 Å². The van der Waals surface area contributed by atoms with Gasteiger partial charge in [-0.2, -0.15) is 0 Å². The van der Waals surface area contributed by atoms with Gasteiger partial charge in [0.25, 0.3) is 0 Å². The summed E-state index contributed by atoms with van der Waals surface area (Å²) >= 11 is 0. The van der Waals surface area contributed by atoms with Crippen LogP contribution in [0.5, 0.6) is 17.2 Å². The van der Waals surface area contributed by atoms with Crippen molar-refractivity contribution in [3.05, 3.63) is 104 Å². The van der Waals surface area contributed by atoms with Crippen molar-refractivity contribution in [3.63, 3.8) is 0 Å². The van der Waals surface area contributed by atoms with Crippen LogP contribution < -0.4 is 13.3 Å². The third-order valence-corrected chi connectivity index (χ3v) is 6.66. The van der Waals surface area contributed by atoms with E-state index in [4.69, 9.17) is 18.0 Å². The topological polar surface area (TPSA) is 36.9 Å². The van der Waals surface area contributed by atoms with Crippen LogP contribution in [0.25, 0.3) is 0 Å². The molecule has 4 nitrogen and oxygen atoms in total. The molecule has 0 saturated heterocycles. The van der Waals surface area contributed by atoms with Gasteiger partial charge in [0, 0.05) is 6.61 Å². The van der Waals surface area contributed by atoms with E-state index in [9.17, 15) is 0 Å². The molecular weight excluding hydrogens is 380 g/mol. The molecule has 5 heteroatoms. The molecule has 0 aliphatic carbocycles.